The standard InChI is InChI=1S/C29H52O7P2S/c1-5-8-9-10-11-12-13-14-15-16-17-18-23-31-24-28-25-34-38(39,35-28)36-29(27-21-19-26(4)20-22-27)37(30,32-6-2)33-7-3/h19-22,28-29H,5-18,23-25H2,1-4H3. The van der Waals surface area contributed by atoms with Gasteiger partial charge in [-0.1, -0.05) is 107 Å². The van der Waals surface area contributed by atoms with Gasteiger partial charge in [-0.25, -0.2) is 0 Å². The van der Waals surface area contributed by atoms with Gasteiger partial charge in [-0.05, 0) is 44.6 Å². The van der Waals surface area contributed by atoms with Crippen molar-refractivity contribution in [3.8, 4) is 0 Å². The molecule has 226 valence electrons. The van der Waals surface area contributed by atoms with Gasteiger partial charge in [-0.2, -0.15) is 0 Å². The van der Waals surface area contributed by atoms with Gasteiger partial charge in [0.2, 0.25) is 0 Å². The Labute approximate surface area is 242 Å². The van der Waals surface area contributed by atoms with Gasteiger partial charge in [0, 0.05) is 6.61 Å². The molecule has 1 aromatic carbocycles. The highest BCUT2D eigenvalue weighted by molar-refractivity contribution is 8.07. The highest BCUT2D eigenvalue weighted by atomic mass is 32.5. The van der Waals surface area contributed by atoms with Crippen LogP contribution in [0.3, 0.4) is 0 Å². The average molecular weight is 607 g/mol. The van der Waals surface area contributed by atoms with Gasteiger partial charge in [0.25, 0.3) is 0 Å². The zero-order chi connectivity index (χ0) is 28.4. The zero-order valence-electron chi connectivity index (χ0n) is 24.6. The van der Waals surface area contributed by atoms with Crippen LogP contribution < -0.4 is 0 Å². The Morgan fingerprint density at radius 3 is 1.97 bits per heavy atom. The first-order valence-corrected chi connectivity index (χ1v) is 19.2. The molecule has 7 nitrogen and oxygen atoms in total. The average Bonchev–Trinajstić information content (AvgIpc) is 3.29. The monoisotopic (exact) mass is 606 g/mol. The molecule has 0 saturated carbocycles. The Morgan fingerprint density at radius 2 is 1.44 bits per heavy atom. The predicted octanol–water partition coefficient (Wildman–Crippen LogP) is 9.63. The summed E-state index contributed by atoms with van der Waals surface area (Å²) in [6.07, 6.45) is 15.5. The molecule has 3 unspecified atom stereocenters. The SMILES string of the molecule is CCCCCCCCCCCCCCOCC1COP(=S)(OC(c2ccc(C)cc2)P(=O)(OCC)OCC)O1. The number of hydrogen-bond donors (Lipinski definition) is 0. The van der Waals surface area contributed by atoms with Crippen LogP contribution in [0, 0.1) is 6.92 Å². The minimum Gasteiger partial charge on any atom is -0.379 e. The third kappa shape index (κ3) is 13.6. The number of hydrogen-bond acceptors (Lipinski definition) is 8. The van der Waals surface area contributed by atoms with Crippen molar-refractivity contribution in [2.45, 2.75) is 117 Å². The van der Waals surface area contributed by atoms with Crippen LogP contribution in [-0.2, 0) is 43.7 Å². The molecule has 0 N–H and O–H groups in total. The molecule has 1 aliphatic rings. The number of rotatable bonds is 23. The Balaban J connectivity index is 1.71. The minimum atomic E-state index is -3.69. The Morgan fingerprint density at radius 1 is 0.897 bits per heavy atom. The lowest BCUT2D eigenvalue weighted by Crippen LogP contribution is -2.17. The number of unbranched alkanes of at least 4 members (excludes halogenated alkanes) is 11. The minimum absolute atomic E-state index is 0.211. The molecule has 0 aromatic heterocycles. The lowest BCUT2D eigenvalue weighted by Gasteiger charge is -2.29. The van der Waals surface area contributed by atoms with Crippen LogP contribution in [0.15, 0.2) is 24.3 Å². The number of aryl methyl sites for hydroxylation is 1. The van der Waals surface area contributed by atoms with Gasteiger partial charge < -0.3 is 22.8 Å². The van der Waals surface area contributed by atoms with Crippen LogP contribution in [0.25, 0.3) is 0 Å². The van der Waals surface area contributed by atoms with Crippen molar-refractivity contribution in [3.63, 3.8) is 0 Å². The van der Waals surface area contributed by atoms with E-state index in [1.54, 1.807) is 13.8 Å². The summed E-state index contributed by atoms with van der Waals surface area (Å²) in [7, 11) is -3.69. The van der Waals surface area contributed by atoms with E-state index >= 15 is 0 Å². The van der Waals surface area contributed by atoms with Crippen molar-refractivity contribution < 1.29 is 31.9 Å². The second-order valence-corrected chi connectivity index (χ2v) is 15.2. The normalized spacial score (nSPS) is 20.5. The largest absolute Gasteiger partial charge is 0.379 e. The van der Waals surface area contributed by atoms with Crippen molar-refractivity contribution in [2.24, 2.45) is 0 Å². The van der Waals surface area contributed by atoms with Crippen molar-refractivity contribution >= 4 is 26.1 Å². The molecule has 0 bridgehead atoms. The lowest BCUT2D eigenvalue weighted by molar-refractivity contribution is 0.0552. The summed E-state index contributed by atoms with van der Waals surface area (Å²) in [6, 6.07) is 7.53. The first-order valence-electron chi connectivity index (χ1n) is 15.0. The molecule has 39 heavy (non-hydrogen) atoms. The summed E-state index contributed by atoms with van der Waals surface area (Å²) in [5, 5.41) is 0. The van der Waals surface area contributed by atoms with E-state index in [9.17, 15) is 4.57 Å². The molecule has 1 fully saturated rings. The Bertz CT molecular complexity index is 858. The summed E-state index contributed by atoms with van der Waals surface area (Å²) < 4.78 is 48.7. The van der Waals surface area contributed by atoms with E-state index in [2.05, 4.69) is 6.92 Å². The van der Waals surface area contributed by atoms with Crippen molar-refractivity contribution in [3.05, 3.63) is 35.4 Å². The molecule has 0 amide bonds. The van der Waals surface area contributed by atoms with Crippen molar-refractivity contribution in [1.82, 2.24) is 0 Å². The fourth-order valence-corrected chi connectivity index (χ4v) is 9.31. The maximum absolute atomic E-state index is 13.7. The molecule has 1 heterocycles. The topological polar surface area (TPSA) is 72.5 Å². The van der Waals surface area contributed by atoms with E-state index in [-0.39, 0.29) is 25.9 Å². The van der Waals surface area contributed by atoms with Gasteiger partial charge in [0.1, 0.15) is 6.10 Å². The smallest absolute Gasteiger partial charge is 0.364 e. The van der Waals surface area contributed by atoms with Gasteiger partial charge in [0.15, 0.2) is 5.85 Å². The van der Waals surface area contributed by atoms with E-state index in [4.69, 9.17) is 39.2 Å². The Hall–Kier alpha value is -0.140. The molecule has 3 atom stereocenters. The zero-order valence-corrected chi connectivity index (χ0v) is 27.3. The van der Waals surface area contributed by atoms with Crippen LogP contribution >= 0.6 is 14.3 Å². The maximum Gasteiger partial charge on any atom is 0.364 e. The summed E-state index contributed by atoms with van der Waals surface area (Å²) in [4.78, 5) is 0. The van der Waals surface area contributed by atoms with Crippen LogP contribution in [0.5, 0.6) is 0 Å². The summed E-state index contributed by atoms with van der Waals surface area (Å²) in [5.41, 5.74) is 1.72. The molecule has 2 rings (SSSR count). The van der Waals surface area contributed by atoms with Gasteiger partial charge in [-0.3, -0.25) is 9.09 Å². The van der Waals surface area contributed by atoms with Gasteiger partial charge >= 0.3 is 14.3 Å². The summed E-state index contributed by atoms with van der Waals surface area (Å²) >= 11 is 5.65. The van der Waals surface area contributed by atoms with Crippen LogP contribution in [0.1, 0.15) is 115 Å². The quantitative estimate of drug-likeness (QED) is 0.0901. The molecule has 1 saturated heterocycles. The number of benzene rings is 1. The molecule has 1 aliphatic heterocycles. The predicted molar refractivity (Wildman–Crippen MR) is 163 cm³/mol. The van der Waals surface area contributed by atoms with Crippen molar-refractivity contribution in [1.29, 1.82) is 0 Å². The van der Waals surface area contributed by atoms with E-state index < -0.39 is 20.2 Å². The lowest BCUT2D eigenvalue weighted by atomic mass is 10.1. The molecule has 0 spiro atoms. The fourth-order valence-electron chi connectivity index (χ4n) is 4.50. The van der Waals surface area contributed by atoms with Crippen molar-refractivity contribution in [2.75, 3.05) is 33.0 Å². The Kier molecular flexibility index (Phi) is 17.9. The highest BCUT2D eigenvalue weighted by Gasteiger charge is 2.45. The van der Waals surface area contributed by atoms with Crippen LogP contribution in [0.4, 0.5) is 0 Å². The molecule has 10 heteroatoms. The third-order valence-corrected chi connectivity index (χ3v) is 11.3. The summed E-state index contributed by atoms with van der Waals surface area (Å²) in [6.45, 7) is 6.40. The molecule has 0 radical (unpaired) electrons. The fraction of sp³-hybridized carbons (Fsp3) is 0.793. The maximum atomic E-state index is 13.7. The highest BCUT2D eigenvalue weighted by Crippen LogP contribution is 2.69. The number of ether oxygens (including phenoxy) is 1. The molecule has 0 aliphatic carbocycles. The molecule has 1 aromatic rings. The van der Waals surface area contributed by atoms with Gasteiger partial charge in [-0.15, -0.1) is 0 Å². The first kappa shape index (κ1) is 35.1. The van der Waals surface area contributed by atoms with E-state index in [1.807, 2.05) is 31.2 Å². The molecular formula is C29H52O7P2S. The van der Waals surface area contributed by atoms with E-state index in [0.717, 1.165) is 12.0 Å². The second kappa shape index (κ2) is 19.9. The first-order chi connectivity index (χ1) is 18.9. The second-order valence-electron chi connectivity index (χ2n) is 10.2. The van der Waals surface area contributed by atoms with Gasteiger partial charge in [0.05, 0.1) is 26.4 Å². The summed E-state index contributed by atoms with van der Waals surface area (Å²) in [5.74, 6) is -1.04. The molecular weight excluding hydrogens is 554 g/mol. The third-order valence-electron chi connectivity index (χ3n) is 6.64. The van der Waals surface area contributed by atoms with E-state index in [1.165, 1.54) is 70.6 Å². The van der Waals surface area contributed by atoms with Crippen LogP contribution in [-0.4, -0.2) is 39.1 Å². The van der Waals surface area contributed by atoms with Crippen LogP contribution in [0.2, 0.25) is 0 Å². The van der Waals surface area contributed by atoms with E-state index in [0.29, 0.717) is 18.8 Å².